The first kappa shape index (κ1) is 12.5. The van der Waals surface area contributed by atoms with Crippen molar-refractivity contribution in [3.05, 3.63) is 0 Å². The van der Waals surface area contributed by atoms with Gasteiger partial charge >= 0.3 is 5.97 Å². The van der Waals surface area contributed by atoms with Gasteiger partial charge in [0.1, 0.15) is 0 Å². The van der Waals surface area contributed by atoms with Gasteiger partial charge in [0.05, 0.1) is 6.61 Å². The van der Waals surface area contributed by atoms with Crippen LogP contribution in [0.2, 0.25) is 0 Å². The van der Waals surface area contributed by atoms with Crippen LogP contribution in [-0.4, -0.2) is 25.7 Å². The number of esters is 1. The molecule has 1 N–H and O–H groups in total. The Morgan fingerprint density at radius 3 is 3.07 bits per heavy atom. The van der Waals surface area contributed by atoms with E-state index >= 15 is 0 Å². The smallest absolute Gasteiger partial charge is 0.305 e. The molecule has 0 bridgehead atoms. The Balaban J connectivity index is 2.00. The van der Waals surface area contributed by atoms with E-state index in [4.69, 9.17) is 4.74 Å². The van der Waals surface area contributed by atoms with Gasteiger partial charge < -0.3 is 10.1 Å². The SMILES string of the molecule is CCCCOC(=O)CCC1CCCNC1. The molecule has 0 aromatic rings. The van der Waals surface area contributed by atoms with E-state index in [-0.39, 0.29) is 5.97 Å². The van der Waals surface area contributed by atoms with Crippen LogP contribution in [0.1, 0.15) is 45.4 Å². The maximum atomic E-state index is 11.3. The van der Waals surface area contributed by atoms with E-state index in [1.54, 1.807) is 0 Å². The summed E-state index contributed by atoms with van der Waals surface area (Å²) >= 11 is 0. The zero-order chi connectivity index (χ0) is 10.9. The number of unbranched alkanes of at least 4 members (excludes halogenated alkanes) is 1. The van der Waals surface area contributed by atoms with Crippen LogP contribution in [0.4, 0.5) is 0 Å². The number of carbonyl (C=O) groups is 1. The third-order valence-electron chi connectivity index (χ3n) is 2.92. The van der Waals surface area contributed by atoms with Crippen LogP contribution in [0, 0.1) is 5.92 Å². The molecular weight excluding hydrogens is 190 g/mol. The first-order valence-corrected chi connectivity index (χ1v) is 6.19. The molecule has 1 heterocycles. The monoisotopic (exact) mass is 213 g/mol. The van der Waals surface area contributed by atoms with Crippen molar-refractivity contribution in [1.82, 2.24) is 5.32 Å². The molecule has 88 valence electrons. The summed E-state index contributed by atoms with van der Waals surface area (Å²) in [7, 11) is 0. The standard InChI is InChI=1S/C12H23NO2/c1-2-3-9-15-12(14)7-6-11-5-4-8-13-10-11/h11,13H,2-10H2,1H3. The molecule has 3 heteroatoms. The predicted octanol–water partition coefficient (Wildman–Crippen LogP) is 2.11. The Morgan fingerprint density at radius 2 is 2.40 bits per heavy atom. The van der Waals surface area contributed by atoms with E-state index in [1.165, 1.54) is 12.8 Å². The molecule has 1 unspecified atom stereocenters. The van der Waals surface area contributed by atoms with Crippen molar-refractivity contribution in [3.63, 3.8) is 0 Å². The van der Waals surface area contributed by atoms with Gasteiger partial charge in [0.15, 0.2) is 0 Å². The highest BCUT2D eigenvalue weighted by atomic mass is 16.5. The second-order valence-corrected chi connectivity index (χ2v) is 4.33. The number of ether oxygens (including phenoxy) is 1. The maximum absolute atomic E-state index is 11.3. The third-order valence-corrected chi connectivity index (χ3v) is 2.92. The summed E-state index contributed by atoms with van der Waals surface area (Å²) in [6.07, 6.45) is 6.15. The quantitative estimate of drug-likeness (QED) is 0.542. The zero-order valence-corrected chi connectivity index (χ0v) is 9.76. The van der Waals surface area contributed by atoms with Gasteiger partial charge in [-0.05, 0) is 44.7 Å². The Labute approximate surface area is 92.6 Å². The van der Waals surface area contributed by atoms with Crippen molar-refractivity contribution >= 4 is 5.97 Å². The molecule has 0 amide bonds. The molecule has 1 aliphatic rings. The molecule has 0 spiro atoms. The van der Waals surface area contributed by atoms with Crippen LogP contribution in [0.15, 0.2) is 0 Å². The van der Waals surface area contributed by atoms with Gasteiger partial charge in [0, 0.05) is 6.42 Å². The molecule has 1 fully saturated rings. The molecule has 0 aromatic carbocycles. The number of nitrogens with one attached hydrogen (secondary N) is 1. The Hall–Kier alpha value is -0.570. The van der Waals surface area contributed by atoms with Gasteiger partial charge in [0.2, 0.25) is 0 Å². The van der Waals surface area contributed by atoms with Gasteiger partial charge in [-0.3, -0.25) is 4.79 Å². The van der Waals surface area contributed by atoms with Crippen molar-refractivity contribution in [2.45, 2.75) is 45.4 Å². The Bertz CT molecular complexity index is 176. The summed E-state index contributed by atoms with van der Waals surface area (Å²) in [4.78, 5) is 11.3. The molecule has 0 radical (unpaired) electrons. The maximum Gasteiger partial charge on any atom is 0.305 e. The average Bonchev–Trinajstić information content (AvgIpc) is 2.28. The van der Waals surface area contributed by atoms with Crippen molar-refractivity contribution in [2.75, 3.05) is 19.7 Å². The van der Waals surface area contributed by atoms with Crippen molar-refractivity contribution < 1.29 is 9.53 Å². The molecule has 3 nitrogen and oxygen atoms in total. The highest BCUT2D eigenvalue weighted by Crippen LogP contribution is 2.16. The predicted molar refractivity (Wildman–Crippen MR) is 60.7 cm³/mol. The first-order valence-electron chi connectivity index (χ1n) is 6.19. The van der Waals surface area contributed by atoms with Crippen LogP contribution >= 0.6 is 0 Å². The molecule has 1 saturated heterocycles. The Kier molecular flexibility index (Phi) is 6.41. The van der Waals surface area contributed by atoms with Crippen LogP contribution in [-0.2, 0) is 9.53 Å². The molecular formula is C12H23NO2. The van der Waals surface area contributed by atoms with E-state index < -0.39 is 0 Å². The molecule has 1 atom stereocenters. The fourth-order valence-electron chi connectivity index (χ4n) is 1.89. The van der Waals surface area contributed by atoms with Gasteiger partial charge in [-0.1, -0.05) is 13.3 Å². The number of hydrogen-bond acceptors (Lipinski definition) is 3. The summed E-state index contributed by atoms with van der Waals surface area (Å²) in [6, 6.07) is 0. The fraction of sp³-hybridized carbons (Fsp3) is 0.917. The summed E-state index contributed by atoms with van der Waals surface area (Å²) in [5, 5.41) is 3.36. The minimum Gasteiger partial charge on any atom is -0.466 e. The van der Waals surface area contributed by atoms with E-state index in [0.717, 1.165) is 32.4 Å². The molecule has 1 aliphatic heterocycles. The largest absolute Gasteiger partial charge is 0.466 e. The van der Waals surface area contributed by atoms with Gasteiger partial charge in [-0.2, -0.15) is 0 Å². The second kappa shape index (κ2) is 7.69. The van der Waals surface area contributed by atoms with Crippen LogP contribution in [0.5, 0.6) is 0 Å². The lowest BCUT2D eigenvalue weighted by atomic mass is 9.95. The average molecular weight is 213 g/mol. The minimum absolute atomic E-state index is 0.0194. The van der Waals surface area contributed by atoms with E-state index in [1.807, 2.05) is 0 Å². The molecule has 0 aliphatic carbocycles. The second-order valence-electron chi connectivity index (χ2n) is 4.33. The van der Waals surface area contributed by atoms with E-state index in [0.29, 0.717) is 18.9 Å². The van der Waals surface area contributed by atoms with Crippen LogP contribution in [0.3, 0.4) is 0 Å². The summed E-state index contributed by atoms with van der Waals surface area (Å²) in [5.74, 6) is 0.659. The van der Waals surface area contributed by atoms with E-state index in [2.05, 4.69) is 12.2 Å². The van der Waals surface area contributed by atoms with Gasteiger partial charge in [0.25, 0.3) is 0 Å². The number of piperidine rings is 1. The van der Waals surface area contributed by atoms with Gasteiger partial charge in [-0.25, -0.2) is 0 Å². The fourth-order valence-corrected chi connectivity index (χ4v) is 1.89. The highest BCUT2D eigenvalue weighted by molar-refractivity contribution is 5.69. The third kappa shape index (κ3) is 5.78. The minimum atomic E-state index is -0.0194. The Morgan fingerprint density at radius 1 is 1.53 bits per heavy atom. The number of hydrogen-bond donors (Lipinski definition) is 1. The lowest BCUT2D eigenvalue weighted by molar-refractivity contribution is -0.144. The van der Waals surface area contributed by atoms with Gasteiger partial charge in [-0.15, -0.1) is 0 Å². The number of rotatable bonds is 6. The van der Waals surface area contributed by atoms with Crippen molar-refractivity contribution in [2.24, 2.45) is 5.92 Å². The summed E-state index contributed by atoms with van der Waals surface area (Å²) in [6.45, 7) is 4.90. The normalized spacial score (nSPS) is 21.3. The lowest BCUT2D eigenvalue weighted by Gasteiger charge is -2.22. The topological polar surface area (TPSA) is 38.3 Å². The van der Waals surface area contributed by atoms with E-state index in [9.17, 15) is 4.79 Å². The summed E-state index contributed by atoms with van der Waals surface area (Å²) < 4.78 is 5.11. The highest BCUT2D eigenvalue weighted by Gasteiger charge is 2.14. The van der Waals surface area contributed by atoms with Crippen molar-refractivity contribution in [3.8, 4) is 0 Å². The zero-order valence-electron chi connectivity index (χ0n) is 9.76. The molecule has 0 aromatic heterocycles. The lowest BCUT2D eigenvalue weighted by Crippen LogP contribution is -2.30. The summed E-state index contributed by atoms with van der Waals surface area (Å²) in [5.41, 5.74) is 0. The van der Waals surface area contributed by atoms with Crippen molar-refractivity contribution in [1.29, 1.82) is 0 Å². The first-order chi connectivity index (χ1) is 7.33. The molecule has 1 rings (SSSR count). The molecule has 0 saturated carbocycles. The number of carbonyl (C=O) groups excluding carboxylic acids is 1. The van der Waals surface area contributed by atoms with Crippen LogP contribution < -0.4 is 5.32 Å². The van der Waals surface area contributed by atoms with Crippen LogP contribution in [0.25, 0.3) is 0 Å². The molecule has 15 heavy (non-hydrogen) atoms.